The van der Waals surface area contributed by atoms with Crippen molar-refractivity contribution in [2.45, 2.75) is 19.4 Å². The fourth-order valence-electron chi connectivity index (χ4n) is 1.22. The Morgan fingerprint density at radius 2 is 2.18 bits per heavy atom. The number of aliphatic imine (C=N–C) groups is 1. The third-order valence-electron chi connectivity index (χ3n) is 2.35. The first kappa shape index (κ1) is 13.0. The Morgan fingerprint density at radius 3 is 2.71 bits per heavy atom. The van der Waals surface area contributed by atoms with Gasteiger partial charge in [0.25, 0.3) is 0 Å². The van der Waals surface area contributed by atoms with Gasteiger partial charge >= 0.3 is 0 Å². The molecule has 0 aliphatic heterocycles. The molecular weight excluding hydrogens is 212 g/mol. The van der Waals surface area contributed by atoms with E-state index in [0.29, 0.717) is 12.4 Å². The van der Waals surface area contributed by atoms with Gasteiger partial charge in [0.1, 0.15) is 11.8 Å². The summed E-state index contributed by atoms with van der Waals surface area (Å²) in [6.45, 7) is 7.76. The normalized spacial score (nSPS) is 13.9. The van der Waals surface area contributed by atoms with Crippen LogP contribution in [0.4, 0.5) is 0 Å². The average Bonchev–Trinajstić information content (AvgIpc) is 2.37. The maximum Gasteiger partial charge on any atom is 0.199 e. The first-order chi connectivity index (χ1) is 8.12. The molecule has 0 bridgehead atoms. The topological polar surface area (TPSA) is 45.4 Å². The van der Waals surface area contributed by atoms with Crippen LogP contribution in [-0.2, 0) is 4.74 Å². The molecule has 0 aromatic heterocycles. The zero-order valence-electron chi connectivity index (χ0n) is 10.2. The first-order valence-electron chi connectivity index (χ1n) is 5.46. The molecule has 1 rings (SSSR count). The van der Waals surface area contributed by atoms with E-state index < -0.39 is 5.54 Å². The fourth-order valence-corrected chi connectivity index (χ4v) is 1.22. The van der Waals surface area contributed by atoms with Gasteiger partial charge in [-0.1, -0.05) is 36.9 Å². The highest BCUT2D eigenvalue weighted by Gasteiger charge is 2.27. The quantitative estimate of drug-likeness (QED) is 0.574. The molecule has 0 radical (unpaired) electrons. The van der Waals surface area contributed by atoms with Gasteiger partial charge in [0, 0.05) is 6.21 Å². The lowest BCUT2D eigenvalue weighted by molar-refractivity contribution is 0.200. The SMILES string of the molecule is C=C(OCC)C(C)(C#N)N=Cc1ccccc1. The van der Waals surface area contributed by atoms with Crippen LogP contribution in [0.15, 0.2) is 47.7 Å². The van der Waals surface area contributed by atoms with E-state index in [-0.39, 0.29) is 0 Å². The Morgan fingerprint density at radius 1 is 1.53 bits per heavy atom. The number of nitriles is 1. The van der Waals surface area contributed by atoms with Gasteiger partial charge in [-0.2, -0.15) is 5.26 Å². The van der Waals surface area contributed by atoms with E-state index in [9.17, 15) is 0 Å². The van der Waals surface area contributed by atoms with Gasteiger partial charge in [0.05, 0.1) is 6.61 Å². The van der Waals surface area contributed by atoms with Gasteiger partial charge in [-0.25, -0.2) is 0 Å². The molecule has 17 heavy (non-hydrogen) atoms. The number of ether oxygens (including phenoxy) is 1. The first-order valence-corrected chi connectivity index (χ1v) is 5.46. The maximum absolute atomic E-state index is 9.16. The van der Waals surface area contributed by atoms with Crippen LogP contribution in [0.2, 0.25) is 0 Å². The van der Waals surface area contributed by atoms with Gasteiger partial charge in [-0.3, -0.25) is 4.99 Å². The van der Waals surface area contributed by atoms with Gasteiger partial charge in [0.15, 0.2) is 5.54 Å². The molecule has 0 aliphatic rings. The average molecular weight is 228 g/mol. The third-order valence-corrected chi connectivity index (χ3v) is 2.35. The fraction of sp³-hybridized carbons (Fsp3) is 0.286. The van der Waals surface area contributed by atoms with Crippen molar-refractivity contribution in [3.05, 3.63) is 48.2 Å². The number of nitrogens with zero attached hydrogens (tertiary/aromatic N) is 2. The summed E-state index contributed by atoms with van der Waals surface area (Å²) >= 11 is 0. The second-order valence-electron chi connectivity index (χ2n) is 3.71. The lowest BCUT2D eigenvalue weighted by Gasteiger charge is -2.19. The predicted octanol–water partition coefficient (Wildman–Crippen LogP) is 2.94. The Kier molecular flexibility index (Phi) is 4.47. The van der Waals surface area contributed by atoms with E-state index in [0.717, 1.165) is 5.56 Å². The molecule has 0 saturated carbocycles. The lowest BCUT2D eigenvalue weighted by Crippen LogP contribution is -2.24. The highest BCUT2D eigenvalue weighted by molar-refractivity contribution is 5.80. The van der Waals surface area contributed by atoms with Crippen molar-refractivity contribution in [1.82, 2.24) is 0 Å². The van der Waals surface area contributed by atoms with Crippen molar-refractivity contribution in [2.75, 3.05) is 6.61 Å². The minimum Gasteiger partial charge on any atom is -0.495 e. The zero-order valence-corrected chi connectivity index (χ0v) is 10.2. The predicted molar refractivity (Wildman–Crippen MR) is 68.8 cm³/mol. The monoisotopic (exact) mass is 228 g/mol. The second kappa shape index (κ2) is 5.86. The van der Waals surface area contributed by atoms with Crippen LogP contribution in [0.1, 0.15) is 19.4 Å². The van der Waals surface area contributed by atoms with Gasteiger partial charge in [-0.05, 0) is 19.4 Å². The Labute approximate surface area is 102 Å². The number of hydrogen-bond acceptors (Lipinski definition) is 3. The molecule has 3 heteroatoms. The largest absolute Gasteiger partial charge is 0.495 e. The Hall–Kier alpha value is -2.08. The molecule has 1 unspecified atom stereocenters. The number of rotatable bonds is 5. The summed E-state index contributed by atoms with van der Waals surface area (Å²) < 4.78 is 5.26. The minimum absolute atomic E-state index is 0.370. The van der Waals surface area contributed by atoms with Crippen molar-refractivity contribution < 1.29 is 4.74 Å². The van der Waals surface area contributed by atoms with E-state index in [4.69, 9.17) is 10.00 Å². The molecule has 1 aromatic rings. The van der Waals surface area contributed by atoms with Crippen LogP contribution >= 0.6 is 0 Å². The number of benzene rings is 1. The van der Waals surface area contributed by atoms with E-state index in [1.165, 1.54) is 0 Å². The molecule has 0 aliphatic carbocycles. The molecule has 3 nitrogen and oxygen atoms in total. The van der Waals surface area contributed by atoms with E-state index in [2.05, 4.69) is 17.6 Å². The van der Waals surface area contributed by atoms with Crippen molar-refractivity contribution in [3.8, 4) is 6.07 Å². The molecule has 0 fully saturated rings. The van der Waals surface area contributed by atoms with Crippen LogP contribution in [0.25, 0.3) is 0 Å². The molecule has 0 spiro atoms. The third kappa shape index (κ3) is 3.46. The minimum atomic E-state index is -1.04. The lowest BCUT2D eigenvalue weighted by atomic mass is 10.0. The zero-order chi connectivity index (χ0) is 12.7. The summed E-state index contributed by atoms with van der Waals surface area (Å²) in [6.07, 6.45) is 1.66. The standard InChI is InChI=1S/C14H16N2O/c1-4-17-12(2)14(3,11-15)16-10-13-8-6-5-7-9-13/h5-10H,2,4H2,1,3H3. The molecule has 1 atom stereocenters. The summed E-state index contributed by atoms with van der Waals surface area (Å²) in [5.41, 5.74) is -0.0930. The van der Waals surface area contributed by atoms with Crippen LogP contribution in [0.5, 0.6) is 0 Å². The molecule has 0 amide bonds. The van der Waals surface area contributed by atoms with Crippen LogP contribution in [0, 0.1) is 11.3 Å². The van der Waals surface area contributed by atoms with E-state index >= 15 is 0 Å². The molecule has 0 saturated heterocycles. The summed E-state index contributed by atoms with van der Waals surface area (Å²) in [6, 6.07) is 11.7. The summed E-state index contributed by atoms with van der Waals surface area (Å²) in [4.78, 5) is 4.25. The summed E-state index contributed by atoms with van der Waals surface area (Å²) in [5, 5.41) is 9.16. The van der Waals surface area contributed by atoms with Crippen molar-refractivity contribution in [3.63, 3.8) is 0 Å². The molecule has 88 valence electrons. The smallest absolute Gasteiger partial charge is 0.199 e. The van der Waals surface area contributed by atoms with Crippen LogP contribution in [0.3, 0.4) is 0 Å². The Bertz CT molecular complexity index is 445. The van der Waals surface area contributed by atoms with Gasteiger partial charge in [-0.15, -0.1) is 0 Å². The second-order valence-corrected chi connectivity index (χ2v) is 3.71. The molecular formula is C14H16N2O. The summed E-state index contributed by atoms with van der Waals surface area (Å²) in [7, 11) is 0. The van der Waals surface area contributed by atoms with E-state index in [1.54, 1.807) is 13.1 Å². The van der Waals surface area contributed by atoms with Gasteiger partial charge < -0.3 is 4.74 Å². The van der Waals surface area contributed by atoms with Crippen LogP contribution in [-0.4, -0.2) is 18.4 Å². The Balaban J connectivity index is 2.87. The van der Waals surface area contributed by atoms with Crippen molar-refractivity contribution in [1.29, 1.82) is 5.26 Å². The van der Waals surface area contributed by atoms with Gasteiger partial charge in [0.2, 0.25) is 0 Å². The maximum atomic E-state index is 9.16. The van der Waals surface area contributed by atoms with Crippen molar-refractivity contribution in [2.24, 2.45) is 4.99 Å². The highest BCUT2D eigenvalue weighted by Crippen LogP contribution is 2.20. The molecule has 1 aromatic carbocycles. The highest BCUT2D eigenvalue weighted by atomic mass is 16.5. The van der Waals surface area contributed by atoms with Crippen LogP contribution < -0.4 is 0 Å². The van der Waals surface area contributed by atoms with Crippen molar-refractivity contribution >= 4 is 6.21 Å². The molecule has 0 heterocycles. The summed E-state index contributed by atoms with van der Waals surface area (Å²) in [5.74, 6) is 0.370. The van der Waals surface area contributed by atoms with E-state index in [1.807, 2.05) is 37.3 Å². The number of hydrogen-bond donors (Lipinski definition) is 0. The molecule has 0 N–H and O–H groups in total.